The van der Waals surface area contributed by atoms with Crippen molar-refractivity contribution in [1.82, 2.24) is 4.90 Å². The van der Waals surface area contributed by atoms with Crippen LogP contribution < -0.4 is 0 Å². The molecule has 4 rings (SSSR count). The summed E-state index contributed by atoms with van der Waals surface area (Å²) in [6.07, 6.45) is 6.06. The molecule has 0 aromatic rings. The molecule has 2 N–H and O–H groups in total. The third kappa shape index (κ3) is 15.7. The Labute approximate surface area is 423 Å². The van der Waals surface area contributed by atoms with Gasteiger partial charge in [0.05, 0.1) is 24.4 Å². The Kier molecular flexibility index (Phi) is 22.6. The monoisotopic (exact) mass is 1050 g/mol. The van der Waals surface area contributed by atoms with E-state index in [1.165, 1.54) is 34.3 Å². The van der Waals surface area contributed by atoms with Gasteiger partial charge in [0.1, 0.15) is 24.4 Å². The molecular weight excluding hydrogens is 968 g/mol. The van der Waals surface area contributed by atoms with Crippen LogP contribution in [0.2, 0.25) is 0 Å². The highest BCUT2D eigenvalue weighted by Gasteiger charge is 2.54. The van der Waals surface area contributed by atoms with Crippen molar-refractivity contribution >= 4 is 39.3 Å². The van der Waals surface area contributed by atoms with Crippen molar-refractivity contribution in [2.24, 2.45) is 35.5 Å². The molecule has 3 heterocycles. The minimum Gasteiger partial charge on any atom is -0.460 e. The number of cyclic esters (lactones) is 1. The predicted octanol–water partition coefficient (Wildman–Crippen LogP) is 7.05. The fourth-order valence-corrected chi connectivity index (χ4v) is 11.1. The maximum absolute atomic E-state index is 14.4. The first-order chi connectivity index (χ1) is 33.7. The molecule has 1 amide bonds. The summed E-state index contributed by atoms with van der Waals surface area (Å²) < 4.78 is 97.1. The Morgan fingerprint density at radius 1 is 0.875 bits per heavy atom. The van der Waals surface area contributed by atoms with Gasteiger partial charge in [-0.2, -0.15) is 21.6 Å². The van der Waals surface area contributed by atoms with Crippen LogP contribution in [0.15, 0.2) is 47.6 Å². The largest absolute Gasteiger partial charge is 0.523 e. The lowest BCUT2D eigenvalue weighted by atomic mass is 9.78. The number of Topliss-reactive ketones (excluding diaryl/α,β-unsaturated/α-hetero) is 3. The van der Waals surface area contributed by atoms with Gasteiger partial charge in [-0.1, -0.05) is 71.1 Å². The first kappa shape index (κ1) is 60.9. The average molecular weight is 1050 g/mol. The second kappa shape index (κ2) is 26.7. The van der Waals surface area contributed by atoms with Crippen molar-refractivity contribution in [1.29, 1.82) is 0 Å². The zero-order valence-electron chi connectivity index (χ0n) is 43.4. The maximum Gasteiger partial charge on any atom is 0.523 e. The number of methoxy groups -OCH3 is 3. The van der Waals surface area contributed by atoms with Gasteiger partial charge >= 0.3 is 21.6 Å². The Bertz CT molecular complexity index is 2130. The molecule has 0 aromatic heterocycles. The molecule has 3 fully saturated rings. The number of aliphatic hydroxyl groups excluding tert-OH is 1. The van der Waals surface area contributed by atoms with E-state index in [-0.39, 0.29) is 74.7 Å². The Morgan fingerprint density at radius 2 is 1.57 bits per heavy atom. The number of fused-ring (bicyclic) bond motifs is 3. The Hall–Kier alpha value is -3.63. The van der Waals surface area contributed by atoms with Crippen LogP contribution in [-0.2, 0) is 62.0 Å². The number of piperidine rings is 1. The lowest BCUT2D eigenvalue weighted by Gasteiger charge is -2.42. The third-order valence-electron chi connectivity index (χ3n) is 15.0. The van der Waals surface area contributed by atoms with Crippen LogP contribution in [0.1, 0.15) is 126 Å². The van der Waals surface area contributed by atoms with Crippen LogP contribution in [0.25, 0.3) is 0 Å². The number of ether oxygens (including phenoxy) is 5. The molecule has 0 spiro atoms. The van der Waals surface area contributed by atoms with Crippen molar-refractivity contribution < 1.29 is 83.6 Å². The second-order valence-electron chi connectivity index (χ2n) is 20.6. The number of amides is 1. The zero-order valence-corrected chi connectivity index (χ0v) is 44.2. The van der Waals surface area contributed by atoms with E-state index >= 15 is 0 Å². The SMILES string of the molecule is COC1C[C@H](C[C@@H](C)[C@@H]2CC(=O)C(C)=CC(C)[C@@H](O)[C@@H](OC)C(=O)[C@H](C)C[C@H](C)C=CC=CC=C(C)[C@@H](OC)C[C@@H]3CC[C@@H](C)[C@@](O)(O3)C(=O)C(=O)N3CCCC[C@H]3C(=O)O2)CC[C@@H]1OS(=O)(=O)C(F)(F)F. The van der Waals surface area contributed by atoms with Crippen molar-refractivity contribution in [2.75, 3.05) is 27.9 Å². The zero-order chi connectivity index (χ0) is 53.9. The summed E-state index contributed by atoms with van der Waals surface area (Å²) in [5.74, 6) is -9.62. The van der Waals surface area contributed by atoms with Crippen LogP contribution in [-0.4, -0.2) is 141 Å². The van der Waals surface area contributed by atoms with Gasteiger partial charge in [0.25, 0.3) is 11.7 Å². The minimum absolute atomic E-state index is 0.0195. The first-order valence-electron chi connectivity index (χ1n) is 25.2. The van der Waals surface area contributed by atoms with Gasteiger partial charge in [0.15, 0.2) is 11.6 Å². The molecule has 3 aliphatic heterocycles. The smallest absolute Gasteiger partial charge is 0.460 e. The molecular formula is C52H78F3NO15S. The number of hydrogen-bond acceptors (Lipinski definition) is 15. The number of ketones is 3. The number of rotatable bonds is 8. The van der Waals surface area contributed by atoms with Gasteiger partial charge < -0.3 is 38.8 Å². The normalized spacial score (nSPS) is 35.8. The number of halogens is 3. The van der Waals surface area contributed by atoms with E-state index in [4.69, 9.17) is 23.7 Å². The Balaban J connectivity index is 1.71. The number of carbonyl (C=O) groups is 5. The molecule has 0 radical (unpaired) electrons. The van der Waals surface area contributed by atoms with Gasteiger partial charge in [-0.25, -0.2) is 4.79 Å². The summed E-state index contributed by atoms with van der Waals surface area (Å²) in [5, 5.41) is 23.4. The lowest BCUT2D eigenvalue weighted by molar-refractivity contribution is -0.265. The Morgan fingerprint density at radius 3 is 2.21 bits per heavy atom. The number of alkyl halides is 3. The predicted molar refractivity (Wildman–Crippen MR) is 259 cm³/mol. The molecule has 4 aliphatic rings. The summed E-state index contributed by atoms with van der Waals surface area (Å²) in [6.45, 7) is 12.1. The van der Waals surface area contributed by atoms with Gasteiger partial charge in [-0.15, -0.1) is 0 Å². The van der Waals surface area contributed by atoms with E-state index in [0.29, 0.717) is 32.1 Å². The second-order valence-corrected chi connectivity index (χ2v) is 22.1. The van der Waals surface area contributed by atoms with E-state index in [1.54, 1.807) is 27.7 Å². The van der Waals surface area contributed by atoms with Gasteiger partial charge in [-0.3, -0.25) is 23.4 Å². The summed E-state index contributed by atoms with van der Waals surface area (Å²) in [7, 11) is -1.83. The molecule has 1 aliphatic carbocycles. The van der Waals surface area contributed by atoms with E-state index < -0.39 is 117 Å². The summed E-state index contributed by atoms with van der Waals surface area (Å²) in [6, 6.07) is -1.29. The fourth-order valence-electron chi connectivity index (χ4n) is 10.4. The first-order valence-corrected chi connectivity index (χ1v) is 26.6. The highest BCUT2D eigenvalue weighted by molar-refractivity contribution is 7.87. The summed E-state index contributed by atoms with van der Waals surface area (Å²) >= 11 is 0. The summed E-state index contributed by atoms with van der Waals surface area (Å²) in [4.78, 5) is 71.9. The molecule has 16 nitrogen and oxygen atoms in total. The van der Waals surface area contributed by atoms with Crippen molar-refractivity contribution in [3.63, 3.8) is 0 Å². The number of nitrogens with zero attached hydrogens (tertiary/aromatic N) is 1. The molecule has 1 saturated carbocycles. The fraction of sp³-hybridized carbons (Fsp3) is 0.750. The number of allylic oxidation sites excluding steroid dienone is 6. The van der Waals surface area contributed by atoms with Crippen LogP contribution in [0, 0.1) is 35.5 Å². The van der Waals surface area contributed by atoms with Crippen LogP contribution >= 0.6 is 0 Å². The molecule has 2 unspecified atom stereocenters. The van der Waals surface area contributed by atoms with Crippen molar-refractivity contribution in [3.05, 3.63) is 47.6 Å². The molecule has 15 atom stereocenters. The molecule has 0 aromatic carbocycles. The number of esters is 1. The lowest BCUT2D eigenvalue weighted by Crippen LogP contribution is -2.61. The van der Waals surface area contributed by atoms with E-state index in [2.05, 4.69) is 4.18 Å². The van der Waals surface area contributed by atoms with Crippen LogP contribution in [0.3, 0.4) is 0 Å². The number of aliphatic hydroxyl groups is 2. The highest BCUT2D eigenvalue weighted by Crippen LogP contribution is 2.39. The van der Waals surface area contributed by atoms with E-state index in [9.17, 15) is 55.8 Å². The molecule has 20 heteroatoms. The van der Waals surface area contributed by atoms with Crippen LogP contribution in [0.4, 0.5) is 13.2 Å². The van der Waals surface area contributed by atoms with Gasteiger partial charge in [0, 0.05) is 58.5 Å². The maximum atomic E-state index is 14.4. The number of hydrogen-bond donors (Lipinski definition) is 2. The molecule has 2 saturated heterocycles. The average Bonchev–Trinajstić information content (AvgIpc) is 3.32. The molecule has 72 heavy (non-hydrogen) atoms. The highest BCUT2D eigenvalue weighted by atomic mass is 32.2. The quantitative estimate of drug-likeness (QED) is 0.108. The number of carbonyl (C=O) groups excluding carboxylic acids is 5. The van der Waals surface area contributed by atoms with Crippen LogP contribution in [0.5, 0.6) is 0 Å². The minimum atomic E-state index is -5.91. The van der Waals surface area contributed by atoms with Gasteiger partial charge in [-0.05, 0) is 107 Å². The van der Waals surface area contributed by atoms with Gasteiger partial charge in [0.2, 0.25) is 5.79 Å². The van der Waals surface area contributed by atoms with Crippen molar-refractivity contribution in [3.8, 4) is 0 Å². The van der Waals surface area contributed by atoms with E-state index in [0.717, 1.165) is 10.5 Å². The topological polar surface area (TPSA) is 219 Å². The third-order valence-corrected chi connectivity index (χ3v) is 16.1. The van der Waals surface area contributed by atoms with E-state index in [1.807, 2.05) is 44.2 Å². The standard InChI is InChI=1S/C52H78F3NO15S/c1-30-16-12-11-13-17-31(2)42(66-8)28-38-21-19-36(7)51(63,70-38)48(60)49(61)56-23-15-14-18-39(56)50(62)69-43(29-40(57)32(3)25-35(6)46(59)47(68-10)45(58)34(5)24-30)33(4)26-37-20-22-41(44(27-37)67-9)71-72(64,65)52(53,54)55/h11-13,16-17,25,30,33-39,41-44,46-47,59,63H,14-15,18-24,26-29H2,1-10H3/t30-,33-,34-,35?,36-,37+,38+,39+,41+,42+,43+,44?,46-,47+,51-/m1/s1. The molecule has 408 valence electrons. The molecule has 2 bridgehead atoms. The van der Waals surface area contributed by atoms with Crippen molar-refractivity contribution in [2.45, 2.75) is 186 Å². The summed E-state index contributed by atoms with van der Waals surface area (Å²) in [5.41, 5.74) is -4.62.